The summed E-state index contributed by atoms with van der Waals surface area (Å²) in [5.41, 5.74) is 1.69. The van der Waals surface area contributed by atoms with E-state index in [0.717, 1.165) is 11.3 Å². The first-order valence-electron chi connectivity index (χ1n) is 5.27. The van der Waals surface area contributed by atoms with Gasteiger partial charge in [0.2, 0.25) is 0 Å². The van der Waals surface area contributed by atoms with Crippen LogP contribution in [0.25, 0.3) is 0 Å². The van der Waals surface area contributed by atoms with Crippen LogP contribution in [0, 0.1) is 11.3 Å². The molecule has 2 aromatic carbocycles. The van der Waals surface area contributed by atoms with Gasteiger partial charge in [0, 0.05) is 0 Å². The highest BCUT2D eigenvalue weighted by Gasteiger charge is 2.10. The van der Waals surface area contributed by atoms with Crippen LogP contribution in [0.3, 0.4) is 0 Å². The Morgan fingerprint density at radius 2 is 1.65 bits per heavy atom. The van der Waals surface area contributed by atoms with Crippen molar-refractivity contribution in [2.45, 2.75) is 6.04 Å². The molecule has 0 heterocycles. The minimum Gasteiger partial charge on any atom is -0.365 e. The van der Waals surface area contributed by atoms with Gasteiger partial charge in [-0.3, -0.25) is 0 Å². The molecule has 0 aliphatic rings. The molecule has 0 fully saturated rings. The fourth-order valence-corrected chi connectivity index (χ4v) is 1.76. The van der Waals surface area contributed by atoms with E-state index < -0.39 is 6.04 Å². The van der Waals surface area contributed by atoms with Gasteiger partial charge < -0.3 is 5.32 Å². The lowest BCUT2D eigenvalue weighted by Gasteiger charge is -2.14. The third-order valence-electron chi connectivity index (χ3n) is 2.44. The predicted octanol–water partition coefficient (Wildman–Crippen LogP) is 4.02. The van der Waals surface area contributed by atoms with Crippen molar-refractivity contribution in [3.8, 4) is 6.07 Å². The molecular formula is C14H11ClN2. The third-order valence-corrected chi connectivity index (χ3v) is 2.77. The van der Waals surface area contributed by atoms with Crippen LogP contribution in [0.5, 0.6) is 0 Å². The van der Waals surface area contributed by atoms with Gasteiger partial charge in [-0.1, -0.05) is 54.1 Å². The molecule has 0 saturated heterocycles. The van der Waals surface area contributed by atoms with E-state index in [2.05, 4.69) is 11.4 Å². The van der Waals surface area contributed by atoms with Crippen molar-refractivity contribution in [2.24, 2.45) is 0 Å². The van der Waals surface area contributed by atoms with Crippen LogP contribution in [0.4, 0.5) is 5.69 Å². The molecule has 1 N–H and O–H groups in total. The molecule has 1 unspecified atom stereocenters. The summed E-state index contributed by atoms with van der Waals surface area (Å²) in [6.45, 7) is 0. The van der Waals surface area contributed by atoms with Crippen LogP contribution in [0.2, 0.25) is 5.02 Å². The minimum atomic E-state index is -0.393. The highest BCUT2D eigenvalue weighted by molar-refractivity contribution is 6.33. The quantitative estimate of drug-likeness (QED) is 0.883. The Morgan fingerprint density at radius 1 is 1.00 bits per heavy atom. The van der Waals surface area contributed by atoms with Gasteiger partial charge >= 0.3 is 0 Å². The molecule has 0 radical (unpaired) electrons. The first-order chi connectivity index (χ1) is 8.31. The molecule has 2 aromatic rings. The lowest BCUT2D eigenvalue weighted by molar-refractivity contribution is 0.998. The average molecular weight is 243 g/mol. The number of nitrogens with one attached hydrogen (secondary N) is 1. The van der Waals surface area contributed by atoms with Crippen molar-refractivity contribution >= 4 is 17.3 Å². The van der Waals surface area contributed by atoms with E-state index in [-0.39, 0.29) is 0 Å². The first-order valence-corrected chi connectivity index (χ1v) is 5.64. The summed E-state index contributed by atoms with van der Waals surface area (Å²) < 4.78 is 0. The normalized spacial score (nSPS) is 11.5. The van der Waals surface area contributed by atoms with E-state index in [0.29, 0.717) is 5.02 Å². The number of hydrogen-bond acceptors (Lipinski definition) is 2. The Labute approximate surface area is 105 Å². The predicted molar refractivity (Wildman–Crippen MR) is 69.9 cm³/mol. The van der Waals surface area contributed by atoms with Crippen molar-refractivity contribution < 1.29 is 0 Å². The minimum absolute atomic E-state index is 0.393. The van der Waals surface area contributed by atoms with Crippen molar-refractivity contribution in [1.29, 1.82) is 5.26 Å². The smallest absolute Gasteiger partial charge is 0.140 e. The van der Waals surface area contributed by atoms with Crippen molar-refractivity contribution in [3.63, 3.8) is 0 Å². The topological polar surface area (TPSA) is 35.8 Å². The maximum Gasteiger partial charge on any atom is 0.140 e. The molecule has 0 bridgehead atoms. The number of nitriles is 1. The zero-order valence-electron chi connectivity index (χ0n) is 9.10. The Bertz CT molecular complexity index is 531. The van der Waals surface area contributed by atoms with Crippen LogP contribution < -0.4 is 5.32 Å². The van der Waals surface area contributed by atoms with Crippen molar-refractivity contribution in [1.82, 2.24) is 0 Å². The third kappa shape index (κ3) is 2.77. The number of benzene rings is 2. The van der Waals surface area contributed by atoms with Crippen LogP contribution >= 0.6 is 11.6 Å². The summed E-state index contributed by atoms with van der Waals surface area (Å²) in [4.78, 5) is 0. The summed E-state index contributed by atoms with van der Waals surface area (Å²) >= 11 is 6.04. The van der Waals surface area contributed by atoms with Gasteiger partial charge in [0.25, 0.3) is 0 Å². The maximum absolute atomic E-state index is 9.18. The Morgan fingerprint density at radius 3 is 2.29 bits per heavy atom. The molecule has 2 rings (SSSR count). The number of rotatable bonds is 3. The summed E-state index contributed by atoms with van der Waals surface area (Å²) in [5, 5.41) is 12.9. The molecular weight excluding hydrogens is 232 g/mol. The second-order valence-corrected chi connectivity index (χ2v) is 4.00. The lowest BCUT2D eigenvalue weighted by Crippen LogP contribution is -2.08. The first kappa shape index (κ1) is 11.5. The molecule has 3 heteroatoms. The van der Waals surface area contributed by atoms with Gasteiger partial charge in [-0.25, -0.2) is 0 Å². The second kappa shape index (κ2) is 5.38. The number of halogens is 1. The molecule has 0 aromatic heterocycles. The largest absolute Gasteiger partial charge is 0.365 e. The number of hydrogen-bond donors (Lipinski definition) is 1. The molecule has 17 heavy (non-hydrogen) atoms. The number of para-hydroxylation sites is 1. The molecule has 2 nitrogen and oxygen atoms in total. The Kier molecular flexibility index (Phi) is 3.64. The van der Waals surface area contributed by atoms with Crippen LogP contribution in [0.1, 0.15) is 11.6 Å². The number of nitrogens with zero attached hydrogens (tertiary/aromatic N) is 1. The van der Waals surface area contributed by atoms with Gasteiger partial charge in [0.05, 0.1) is 16.8 Å². The average Bonchev–Trinajstić information content (AvgIpc) is 2.39. The maximum atomic E-state index is 9.18. The van der Waals surface area contributed by atoms with Crippen LogP contribution in [0.15, 0.2) is 54.6 Å². The molecule has 0 aliphatic heterocycles. The fourth-order valence-electron chi connectivity index (χ4n) is 1.57. The van der Waals surface area contributed by atoms with Crippen LogP contribution in [-0.2, 0) is 0 Å². The van der Waals surface area contributed by atoms with E-state index in [4.69, 9.17) is 11.6 Å². The molecule has 0 aliphatic carbocycles. The highest BCUT2D eigenvalue weighted by atomic mass is 35.5. The molecule has 0 amide bonds. The highest BCUT2D eigenvalue weighted by Crippen LogP contribution is 2.25. The molecule has 84 valence electrons. The number of anilines is 1. The van der Waals surface area contributed by atoms with Crippen molar-refractivity contribution in [3.05, 3.63) is 65.2 Å². The van der Waals surface area contributed by atoms with Gasteiger partial charge in [-0.15, -0.1) is 0 Å². The van der Waals surface area contributed by atoms with E-state index in [1.54, 1.807) is 6.07 Å². The van der Waals surface area contributed by atoms with Crippen molar-refractivity contribution in [2.75, 3.05) is 5.32 Å². The molecule has 0 spiro atoms. The Balaban J connectivity index is 2.23. The SMILES string of the molecule is N#CC(Nc1ccccc1Cl)c1ccccc1. The summed E-state index contributed by atoms with van der Waals surface area (Å²) in [6, 6.07) is 18.8. The van der Waals surface area contributed by atoms with Gasteiger partial charge in [-0.2, -0.15) is 5.26 Å². The van der Waals surface area contributed by atoms with E-state index in [9.17, 15) is 5.26 Å². The van der Waals surface area contributed by atoms with E-state index in [1.165, 1.54) is 0 Å². The fraction of sp³-hybridized carbons (Fsp3) is 0.0714. The van der Waals surface area contributed by atoms with Gasteiger partial charge in [0.15, 0.2) is 0 Å². The zero-order chi connectivity index (χ0) is 12.1. The van der Waals surface area contributed by atoms with E-state index in [1.807, 2.05) is 48.5 Å². The van der Waals surface area contributed by atoms with Gasteiger partial charge in [-0.05, 0) is 17.7 Å². The summed E-state index contributed by atoms with van der Waals surface area (Å²) in [6.07, 6.45) is 0. The van der Waals surface area contributed by atoms with Crippen LogP contribution in [-0.4, -0.2) is 0 Å². The monoisotopic (exact) mass is 242 g/mol. The van der Waals surface area contributed by atoms with Gasteiger partial charge in [0.1, 0.15) is 6.04 Å². The molecule has 0 saturated carbocycles. The summed E-state index contributed by atoms with van der Waals surface area (Å²) in [7, 11) is 0. The lowest BCUT2D eigenvalue weighted by atomic mass is 10.1. The Hall–Kier alpha value is -1.98. The summed E-state index contributed by atoms with van der Waals surface area (Å²) in [5.74, 6) is 0. The standard InChI is InChI=1S/C14H11ClN2/c15-12-8-4-5-9-13(12)17-14(10-16)11-6-2-1-3-7-11/h1-9,14,17H. The zero-order valence-corrected chi connectivity index (χ0v) is 9.85. The second-order valence-electron chi connectivity index (χ2n) is 3.60. The molecule has 1 atom stereocenters. The van der Waals surface area contributed by atoms with E-state index >= 15 is 0 Å².